The van der Waals surface area contributed by atoms with Crippen molar-refractivity contribution in [3.05, 3.63) is 63.1 Å². The van der Waals surface area contributed by atoms with Gasteiger partial charge in [-0.05, 0) is 68.1 Å². The fourth-order valence-corrected chi connectivity index (χ4v) is 4.82. The molecule has 1 atom stereocenters. The predicted molar refractivity (Wildman–Crippen MR) is 142 cm³/mol. The third kappa shape index (κ3) is 8.40. The summed E-state index contributed by atoms with van der Waals surface area (Å²) in [4.78, 5) is 27.8. The lowest BCUT2D eigenvalue weighted by Crippen LogP contribution is -2.51. The Kier molecular flexibility index (Phi) is 10.4. The average Bonchev–Trinajstić information content (AvgIpc) is 2.76. The standard InChI is InChI=1S/C25H33Cl2N3O4S/c1-6-7-10-28-25(32)19(4)29(15-20-8-9-22(26)23(27)14-20)24(31)16-30(35(5,33)34)21-12-17(2)11-18(3)13-21/h8-9,11-14,19H,6-7,10,15-16H2,1-5H3,(H,28,32)/t19-/m1/s1. The Balaban J connectivity index is 2.40. The molecule has 0 fully saturated rings. The summed E-state index contributed by atoms with van der Waals surface area (Å²) in [6.45, 7) is 7.46. The minimum atomic E-state index is -3.78. The number of aryl methyl sites for hydroxylation is 2. The first-order chi connectivity index (χ1) is 16.3. The summed E-state index contributed by atoms with van der Waals surface area (Å²) in [5.74, 6) is -0.831. The van der Waals surface area contributed by atoms with Crippen molar-refractivity contribution in [2.75, 3.05) is 23.7 Å². The molecular weight excluding hydrogens is 509 g/mol. The molecule has 0 aliphatic heterocycles. The van der Waals surface area contributed by atoms with Crippen LogP contribution < -0.4 is 9.62 Å². The van der Waals surface area contributed by atoms with E-state index in [9.17, 15) is 18.0 Å². The van der Waals surface area contributed by atoms with Crippen LogP contribution in [0.5, 0.6) is 0 Å². The van der Waals surface area contributed by atoms with E-state index in [1.807, 2.05) is 26.8 Å². The quantitative estimate of drug-likeness (QED) is 0.417. The number of sulfonamides is 1. The summed E-state index contributed by atoms with van der Waals surface area (Å²) in [6, 6.07) is 9.47. The second-order valence-corrected chi connectivity index (χ2v) is 11.4. The Morgan fingerprint density at radius 1 is 1.03 bits per heavy atom. The van der Waals surface area contributed by atoms with Crippen molar-refractivity contribution in [1.82, 2.24) is 10.2 Å². The van der Waals surface area contributed by atoms with Crippen molar-refractivity contribution in [2.24, 2.45) is 0 Å². The number of hydrogen-bond donors (Lipinski definition) is 1. The van der Waals surface area contributed by atoms with E-state index in [-0.39, 0.29) is 12.5 Å². The molecule has 0 bridgehead atoms. The molecule has 0 aliphatic rings. The van der Waals surface area contributed by atoms with E-state index in [1.165, 1.54) is 4.90 Å². The number of nitrogens with zero attached hydrogens (tertiary/aromatic N) is 2. The van der Waals surface area contributed by atoms with Crippen molar-refractivity contribution < 1.29 is 18.0 Å². The van der Waals surface area contributed by atoms with E-state index in [0.717, 1.165) is 34.5 Å². The van der Waals surface area contributed by atoms with E-state index in [4.69, 9.17) is 23.2 Å². The van der Waals surface area contributed by atoms with E-state index in [2.05, 4.69) is 5.32 Å². The van der Waals surface area contributed by atoms with Gasteiger partial charge in [-0.2, -0.15) is 0 Å². The van der Waals surface area contributed by atoms with E-state index >= 15 is 0 Å². The number of carbonyl (C=O) groups is 2. The lowest BCUT2D eigenvalue weighted by Gasteiger charge is -2.31. The van der Waals surface area contributed by atoms with Crippen LogP contribution in [0.15, 0.2) is 36.4 Å². The van der Waals surface area contributed by atoms with Crippen molar-refractivity contribution in [3.8, 4) is 0 Å². The molecule has 2 aromatic rings. The highest BCUT2D eigenvalue weighted by Crippen LogP contribution is 2.25. The highest BCUT2D eigenvalue weighted by atomic mass is 35.5. The molecular formula is C25H33Cl2N3O4S. The van der Waals surface area contributed by atoms with E-state index < -0.39 is 28.5 Å². The number of amides is 2. The third-order valence-electron chi connectivity index (χ3n) is 5.51. The summed E-state index contributed by atoms with van der Waals surface area (Å²) in [5, 5.41) is 3.54. The maximum Gasteiger partial charge on any atom is 0.244 e. The van der Waals surface area contributed by atoms with Gasteiger partial charge in [0.15, 0.2) is 0 Å². The molecule has 35 heavy (non-hydrogen) atoms. The van der Waals surface area contributed by atoms with Gasteiger partial charge in [0.2, 0.25) is 21.8 Å². The topological polar surface area (TPSA) is 86.8 Å². The van der Waals surface area contributed by atoms with E-state index in [0.29, 0.717) is 27.8 Å². The first-order valence-electron chi connectivity index (χ1n) is 11.4. The third-order valence-corrected chi connectivity index (χ3v) is 7.39. The number of unbranched alkanes of at least 4 members (excludes halogenated alkanes) is 1. The SMILES string of the molecule is CCCCNC(=O)[C@@H](C)N(Cc1ccc(Cl)c(Cl)c1)C(=O)CN(c1cc(C)cc(C)c1)S(C)(=O)=O. The largest absolute Gasteiger partial charge is 0.354 e. The van der Waals surface area contributed by atoms with Gasteiger partial charge in [-0.15, -0.1) is 0 Å². The molecule has 0 unspecified atom stereocenters. The first-order valence-corrected chi connectivity index (χ1v) is 14.0. The average molecular weight is 543 g/mol. The number of benzene rings is 2. The molecule has 0 heterocycles. The highest BCUT2D eigenvalue weighted by molar-refractivity contribution is 7.92. The van der Waals surface area contributed by atoms with Crippen molar-refractivity contribution in [1.29, 1.82) is 0 Å². The van der Waals surface area contributed by atoms with Gasteiger partial charge in [-0.1, -0.05) is 48.7 Å². The second-order valence-electron chi connectivity index (χ2n) is 8.71. The van der Waals surface area contributed by atoms with Gasteiger partial charge < -0.3 is 10.2 Å². The van der Waals surface area contributed by atoms with Gasteiger partial charge in [-0.3, -0.25) is 13.9 Å². The summed E-state index contributed by atoms with van der Waals surface area (Å²) in [6.07, 6.45) is 2.79. The molecule has 2 aromatic carbocycles. The van der Waals surface area contributed by atoms with Crippen LogP contribution in [0.2, 0.25) is 10.0 Å². The number of nitrogens with one attached hydrogen (secondary N) is 1. The molecule has 0 saturated heterocycles. The van der Waals surface area contributed by atoms with Gasteiger partial charge in [0.1, 0.15) is 12.6 Å². The lowest BCUT2D eigenvalue weighted by atomic mass is 10.1. The molecule has 0 aromatic heterocycles. The summed E-state index contributed by atoms with van der Waals surface area (Å²) >= 11 is 12.2. The molecule has 0 aliphatic carbocycles. The van der Waals surface area contributed by atoms with Crippen LogP contribution in [0.25, 0.3) is 0 Å². The molecule has 10 heteroatoms. The summed E-state index contributed by atoms with van der Waals surface area (Å²) < 4.78 is 26.4. The summed E-state index contributed by atoms with van der Waals surface area (Å²) in [7, 11) is -3.78. The molecule has 7 nitrogen and oxygen atoms in total. The van der Waals surface area contributed by atoms with Gasteiger partial charge in [0.25, 0.3) is 0 Å². The molecule has 0 spiro atoms. The monoisotopic (exact) mass is 541 g/mol. The van der Waals surface area contributed by atoms with Crippen LogP contribution >= 0.6 is 23.2 Å². The molecule has 0 radical (unpaired) electrons. The van der Waals surface area contributed by atoms with Crippen LogP contribution in [-0.4, -0.2) is 50.5 Å². The van der Waals surface area contributed by atoms with Gasteiger partial charge >= 0.3 is 0 Å². The minimum absolute atomic E-state index is 0.0581. The Morgan fingerprint density at radius 3 is 2.20 bits per heavy atom. The predicted octanol–water partition coefficient (Wildman–Crippen LogP) is 4.71. The summed E-state index contributed by atoms with van der Waals surface area (Å²) in [5.41, 5.74) is 2.81. The van der Waals surface area contributed by atoms with Crippen LogP contribution in [0.1, 0.15) is 43.4 Å². The normalized spacial score (nSPS) is 12.2. The van der Waals surface area contributed by atoms with Crippen molar-refractivity contribution in [2.45, 2.75) is 53.1 Å². The Bertz CT molecular complexity index is 1150. The van der Waals surface area contributed by atoms with Crippen LogP contribution in [0.4, 0.5) is 5.69 Å². The molecule has 2 rings (SSSR count). The zero-order chi connectivity index (χ0) is 26.3. The van der Waals surface area contributed by atoms with Gasteiger partial charge in [0, 0.05) is 13.1 Å². The van der Waals surface area contributed by atoms with Crippen molar-refractivity contribution >= 4 is 50.7 Å². The zero-order valence-corrected chi connectivity index (χ0v) is 23.1. The smallest absolute Gasteiger partial charge is 0.244 e. The number of anilines is 1. The zero-order valence-electron chi connectivity index (χ0n) is 20.8. The highest BCUT2D eigenvalue weighted by Gasteiger charge is 2.30. The van der Waals surface area contributed by atoms with E-state index in [1.54, 1.807) is 37.3 Å². The van der Waals surface area contributed by atoms with Crippen LogP contribution in [0, 0.1) is 13.8 Å². The fourth-order valence-electron chi connectivity index (χ4n) is 3.66. The fraction of sp³-hybridized carbons (Fsp3) is 0.440. The number of halogens is 2. The van der Waals surface area contributed by atoms with Gasteiger partial charge in [0.05, 0.1) is 22.0 Å². The molecule has 192 valence electrons. The first kappa shape index (κ1) is 28.9. The maximum atomic E-state index is 13.6. The Hall–Kier alpha value is -2.29. The number of carbonyl (C=O) groups excluding carboxylic acids is 2. The minimum Gasteiger partial charge on any atom is -0.354 e. The maximum absolute atomic E-state index is 13.6. The molecule has 1 N–H and O–H groups in total. The van der Waals surface area contributed by atoms with Crippen LogP contribution in [0.3, 0.4) is 0 Å². The lowest BCUT2D eigenvalue weighted by molar-refractivity contribution is -0.139. The Labute approximate surface area is 218 Å². The molecule has 0 saturated carbocycles. The van der Waals surface area contributed by atoms with Crippen LogP contribution in [-0.2, 0) is 26.2 Å². The van der Waals surface area contributed by atoms with Gasteiger partial charge in [-0.25, -0.2) is 8.42 Å². The number of hydrogen-bond acceptors (Lipinski definition) is 4. The Morgan fingerprint density at radius 2 is 1.66 bits per heavy atom. The number of rotatable bonds is 11. The molecule has 2 amide bonds. The second kappa shape index (κ2) is 12.6. The van der Waals surface area contributed by atoms with Crippen molar-refractivity contribution in [3.63, 3.8) is 0 Å².